The lowest BCUT2D eigenvalue weighted by Gasteiger charge is -2.18. The van der Waals surface area contributed by atoms with Crippen LogP contribution in [-0.2, 0) is 6.42 Å². The Hall–Kier alpha value is -2.29. The number of carbonyl (C=O) groups is 1. The smallest absolute Gasteiger partial charge is 0.253 e. The average molecular weight is 297 g/mol. The third kappa shape index (κ3) is 4.35. The Morgan fingerprint density at radius 2 is 1.59 bits per heavy atom. The van der Waals surface area contributed by atoms with E-state index < -0.39 is 0 Å². The molecule has 0 aliphatic heterocycles. The molecule has 3 heteroatoms. The van der Waals surface area contributed by atoms with Crippen LogP contribution in [0.5, 0.6) is 5.75 Å². The third-order valence-corrected chi connectivity index (χ3v) is 3.65. The molecule has 2 rings (SSSR count). The molecule has 0 heterocycles. The molecule has 0 N–H and O–H groups in total. The maximum absolute atomic E-state index is 12.2. The molecule has 0 saturated carbocycles. The zero-order chi connectivity index (χ0) is 15.8. The number of hydrogen-bond donors (Lipinski definition) is 0. The van der Waals surface area contributed by atoms with Gasteiger partial charge in [-0.15, -0.1) is 0 Å². The van der Waals surface area contributed by atoms with Gasteiger partial charge >= 0.3 is 0 Å². The number of amides is 1. The molecule has 22 heavy (non-hydrogen) atoms. The van der Waals surface area contributed by atoms with Crippen molar-refractivity contribution in [3.63, 3.8) is 0 Å². The van der Waals surface area contributed by atoms with Crippen LogP contribution in [0.4, 0.5) is 0 Å². The molecule has 0 aromatic heterocycles. The highest BCUT2D eigenvalue weighted by molar-refractivity contribution is 5.94. The summed E-state index contributed by atoms with van der Waals surface area (Å²) in [7, 11) is 0. The summed E-state index contributed by atoms with van der Waals surface area (Å²) in [6, 6.07) is 17.6. The topological polar surface area (TPSA) is 29.5 Å². The van der Waals surface area contributed by atoms with Crippen LogP contribution in [-0.4, -0.2) is 30.5 Å². The van der Waals surface area contributed by atoms with E-state index in [0.717, 1.165) is 25.3 Å². The summed E-state index contributed by atoms with van der Waals surface area (Å²) >= 11 is 0. The summed E-state index contributed by atoms with van der Waals surface area (Å²) in [5, 5.41) is 0. The van der Waals surface area contributed by atoms with Crippen LogP contribution in [0.25, 0.3) is 0 Å². The second-order valence-electron chi connectivity index (χ2n) is 5.09. The van der Waals surface area contributed by atoms with Crippen LogP contribution in [0.2, 0.25) is 0 Å². The van der Waals surface area contributed by atoms with Gasteiger partial charge in [-0.25, -0.2) is 0 Å². The van der Waals surface area contributed by atoms with Crippen LogP contribution in [0.15, 0.2) is 54.6 Å². The highest BCUT2D eigenvalue weighted by Crippen LogP contribution is 2.14. The first-order chi connectivity index (χ1) is 10.7. The number of benzene rings is 2. The number of carbonyl (C=O) groups excluding carboxylic acids is 1. The van der Waals surface area contributed by atoms with Gasteiger partial charge in [-0.2, -0.15) is 0 Å². The second-order valence-corrected chi connectivity index (χ2v) is 5.09. The van der Waals surface area contributed by atoms with Crippen molar-refractivity contribution in [3.05, 3.63) is 65.7 Å². The van der Waals surface area contributed by atoms with Gasteiger partial charge in [0.2, 0.25) is 0 Å². The van der Waals surface area contributed by atoms with Gasteiger partial charge in [0.05, 0.1) is 6.61 Å². The van der Waals surface area contributed by atoms with Gasteiger partial charge < -0.3 is 9.64 Å². The maximum atomic E-state index is 12.2. The summed E-state index contributed by atoms with van der Waals surface area (Å²) in [5.74, 6) is 0.868. The quantitative estimate of drug-likeness (QED) is 0.778. The van der Waals surface area contributed by atoms with E-state index in [9.17, 15) is 4.79 Å². The van der Waals surface area contributed by atoms with Gasteiger partial charge in [-0.05, 0) is 43.7 Å². The molecule has 1 amide bonds. The lowest BCUT2D eigenvalue weighted by molar-refractivity contribution is 0.0773. The molecule has 0 saturated heterocycles. The maximum Gasteiger partial charge on any atom is 0.253 e. The van der Waals surface area contributed by atoms with Crippen molar-refractivity contribution in [2.24, 2.45) is 0 Å². The monoisotopic (exact) mass is 297 g/mol. The molecule has 0 radical (unpaired) electrons. The fraction of sp³-hybridized carbons (Fsp3) is 0.316. The Labute approximate surface area is 132 Å². The van der Waals surface area contributed by atoms with Gasteiger partial charge in [0, 0.05) is 25.1 Å². The van der Waals surface area contributed by atoms with Crippen molar-refractivity contribution in [2.45, 2.75) is 20.3 Å². The molecule has 0 fully saturated rings. The Balaban J connectivity index is 1.88. The van der Waals surface area contributed by atoms with Crippen LogP contribution in [0, 0.1) is 0 Å². The van der Waals surface area contributed by atoms with E-state index in [2.05, 4.69) is 12.1 Å². The molecule has 0 bridgehead atoms. The minimum atomic E-state index is 0.0702. The molecule has 0 spiro atoms. The van der Waals surface area contributed by atoms with E-state index in [-0.39, 0.29) is 5.91 Å². The Bertz CT molecular complexity index is 574. The predicted octanol–water partition coefficient (Wildman–Crippen LogP) is 3.79. The first-order valence-electron chi connectivity index (χ1n) is 7.80. The molecule has 0 unspecified atom stereocenters. The summed E-state index contributed by atoms with van der Waals surface area (Å²) in [6.07, 6.45) is 0.876. The van der Waals surface area contributed by atoms with Crippen LogP contribution in [0.1, 0.15) is 29.8 Å². The van der Waals surface area contributed by atoms with Crippen molar-refractivity contribution < 1.29 is 9.53 Å². The van der Waals surface area contributed by atoms with Crippen LogP contribution in [0.3, 0.4) is 0 Å². The highest BCUT2D eigenvalue weighted by atomic mass is 16.5. The molecule has 2 aromatic rings. The van der Waals surface area contributed by atoms with E-state index in [0.29, 0.717) is 12.2 Å². The minimum absolute atomic E-state index is 0.0702. The lowest BCUT2D eigenvalue weighted by atomic mass is 10.1. The summed E-state index contributed by atoms with van der Waals surface area (Å²) in [4.78, 5) is 14.0. The van der Waals surface area contributed by atoms with E-state index in [1.165, 1.54) is 5.56 Å². The van der Waals surface area contributed by atoms with Gasteiger partial charge in [-0.3, -0.25) is 4.79 Å². The van der Waals surface area contributed by atoms with Crippen molar-refractivity contribution in [3.8, 4) is 5.75 Å². The van der Waals surface area contributed by atoms with Crippen molar-refractivity contribution in [1.82, 2.24) is 4.90 Å². The average Bonchev–Trinajstić information content (AvgIpc) is 2.57. The first kappa shape index (κ1) is 16.1. The third-order valence-electron chi connectivity index (χ3n) is 3.65. The molecule has 2 aromatic carbocycles. The molecule has 116 valence electrons. The van der Waals surface area contributed by atoms with Crippen LogP contribution >= 0.6 is 0 Å². The van der Waals surface area contributed by atoms with Crippen LogP contribution < -0.4 is 4.74 Å². The molecule has 3 nitrogen and oxygen atoms in total. The van der Waals surface area contributed by atoms with Gasteiger partial charge in [0.15, 0.2) is 0 Å². The van der Waals surface area contributed by atoms with Gasteiger partial charge in [-0.1, -0.05) is 30.3 Å². The molecular formula is C19H23NO2. The van der Waals surface area contributed by atoms with E-state index in [1.807, 2.05) is 61.2 Å². The standard InChI is InChI=1S/C19H23NO2/c1-3-20(4-2)19(21)17-10-12-18(13-11-17)22-15-14-16-8-6-5-7-9-16/h5-13H,3-4,14-15H2,1-2H3. The fourth-order valence-corrected chi connectivity index (χ4v) is 2.32. The molecule has 0 atom stereocenters. The Morgan fingerprint density at radius 1 is 0.955 bits per heavy atom. The zero-order valence-electron chi connectivity index (χ0n) is 13.3. The number of ether oxygens (including phenoxy) is 1. The lowest BCUT2D eigenvalue weighted by Crippen LogP contribution is -2.30. The first-order valence-corrected chi connectivity index (χ1v) is 7.80. The summed E-state index contributed by atoms with van der Waals surface area (Å²) < 4.78 is 5.73. The largest absolute Gasteiger partial charge is 0.493 e. The van der Waals surface area contributed by atoms with Gasteiger partial charge in [0.1, 0.15) is 5.75 Å². The minimum Gasteiger partial charge on any atom is -0.493 e. The molecular weight excluding hydrogens is 274 g/mol. The highest BCUT2D eigenvalue weighted by Gasteiger charge is 2.11. The Kier molecular flexibility index (Phi) is 6.01. The van der Waals surface area contributed by atoms with Crippen molar-refractivity contribution in [1.29, 1.82) is 0 Å². The summed E-state index contributed by atoms with van der Waals surface area (Å²) in [6.45, 7) is 6.06. The van der Waals surface area contributed by atoms with Crippen molar-refractivity contribution >= 4 is 5.91 Å². The van der Waals surface area contributed by atoms with E-state index in [1.54, 1.807) is 0 Å². The molecule has 0 aliphatic carbocycles. The zero-order valence-corrected chi connectivity index (χ0v) is 13.3. The number of nitrogens with zero attached hydrogens (tertiary/aromatic N) is 1. The van der Waals surface area contributed by atoms with Crippen molar-refractivity contribution in [2.75, 3.05) is 19.7 Å². The fourth-order valence-electron chi connectivity index (χ4n) is 2.32. The Morgan fingerprint density at radius 3 is 2.18 bits per heavy atom. The second kappa shape index (κ2) is 8.23. The normalized spacial score (nSPS) is 10.3. The van der Waals surface area contributed by atoms with E-state index >= 15 is 0 Å². The molecule has 0 aliphatic rings. The number of hydrogen-bond acceptors (Lipinski definition) is 2. The van der Waals surface area contributed by atoms with Gasteiger partial charge in [0.25, 0.3) is 5.91 Å². The summed E-state index contributed by atoms with van der Waals surface area (Å²) in [5.41, 5.74) is 1.97. The SMILES string of the molecule is CCN(CC)C(=O)c1ccc(OCCc2ccccc2)cc1. The van der Waals surface area contributed by atoms with E-state index in [4.69, 9.17) is 4.74 Å². The predicted molar refractivity (Wildman–Crippen MR) is 89.3 cm³/mol. The number of rotatable bonds is 7.